The molecule has 0 aliphatic heterocycles. The number of carboxylic acids is 1. The first kappa shape index (κ1) is 9.08. The monoisotopic (exact) mass is 84.0 g/mol. The van der Waals surface area contributed by atoms with E-state index in [9.17, 15) is 0 Å². The van der Waals surface area contributed by atoms with Crippen LogP contribution in [0.3, 0.4) is 0 Å². The first-order chi connectivity index (χ1) is 1.73. The number of aliphatic carboxylic acids is 1. The molecule has 0 spiro atoms. The van der Waals surface area contributed by atoms with Crippen molar-refractivity contribution in [3.63, 3.8) is 0 Å². The maximum absolute atomic E-state index is 9.00. The van der Waals surface area contributed by atoms with Crippen molar-refractivity contribution in [2.45, 2.75) is 6.92 Å². The van der Waals surface area contributed by atoms with Crippen molar-refractivity contribution in [2.75, 3.05) is 0 Å². The van der Waals surface area contributed by atoms with Gasteiger partial charge in [-0.25, -0.2) is 0 Å². The van der Waals surface area contributed by atoms with Crippen molar-refractivity contribution in [1.82, 2.24) is 0 Å². The Morgan fingerprint density at radius 2 is 1.80 bits per heavy atom. The Labute approximate surface area is 52.5 Å². The van der Waals surface area contributed by atoms with Gasteiger partial charge in [0.15, 0.2) is 0 Å². The summed E-state index contributed by atoms with van der Waals surface area (Å²) >= 11 is 0. The average Bonchev–Trinajstić information content (AvgIpc) is 0.811. The maximum Gasteiger partial charge on any atom is 0.300 e. The van der Waals surface area contributed by atoms with Gasteiger partial charge in [0.25, 0.3) is 5.97 Å². The van der Waals surface area contributed by atoms with E-state index < -0.39 is 5.97 Å². The third kappa shape index (κ3) is 123. The molecule has 1 N–H and O–H groups in total. The van der Waals surface area contributed by atoms with Gasteiger partial charge in [-0.3, -0.25) is 4.79 Å². The predicted molar refractivity (Wildman–Crippen MR) is 19.1 cm³/mol. The zero-order chi connectivity index (χ0) is 3.58. The normalized spacial score (nSPS) is 5.00. The minimum Gasteiger partial charge on any atom is -0.481 e. The first-order valence-electron chi connectivity index (χ1n) is 0.928. The Morgan fingerprint density at radius 1 is 1.80 bits per heavy atom. The summed E-state index contributed by atoms with van der Waals surface area (Å²) in [5.74, 6) is -0.833. The molecule has 0 rings (SSSR count). The van der Waals surface area contributed by atoms with Crippen LogP contribution < -0.4 is 0 Å². The van der Waals surface area contributed by atoms with E-state index in [0.29, 0.717) is 0 Å². The summed E-state index contributed by atoms with van der Waals surface area (Å²) in [6, 6.07) is 0. The molecule has 0 heterocycles. The Balaban J connectivity index is 0. The van der Waals surface area contributed by atoms with Crippen molar-refractivity contribution in [3.05, 3.63) is 0 Å². The summed E-state index contributed by atoms with van der Waals surface area (Å²) in [7, 11) is 0. The SMILES string of the molecule is C[13C](=O)O.[Na]. The van der Waals surface area contributed by atoms with Gasteiger partial charge < -0.3 is 5.11 Å². The fourth-order valence-electron chi connectivity index (χ4n) is 0. The van der Waals surface area contributed by atoms with Crippen LogP contribution in [0.2, 0.25) is 0 Å². The molecule has 5 heavy (non-hydrogen) atoms. The van der Waals surface area contributed by atoms with Crippen LogP contribution in [0.25, 0.3) is 0 Å². The molecule has 0 aromatic heterocycles. The van der Waals surface area contributed by atoms with Gasteiger partial charge in [0, 0.05) is 36.5 Å². The van der Waals surface area contributed by atoms with Crippen LogP contribution in [0.1, 0.15) is 6.92 Å². The predicted octanol–water partition coefficient (Wildman–Crippen LogP) is -0.290. The minimum absolute atomic E-state index is 0. The Kier molecular flexibility index (Phi) is 8.11. The van der Waals surface area contributed by atoms with E-state index in [1.807, 2.05) is 0 Å². The molecule has 0 saturated carbocycles. The van der Waals surface area contributed by atoms with Crippen molar-refractivity contribution < 1.29 is 9.90 Å². The molecular weight excluding hydrogens is 80.0 g/mol. The van der Waals surface area contributed by atoms with E-state index in [1.165, 1.54) is 0 Å². The zero-order valence-electron chi connectivity index (χ0n) is 3.36. The summed E-state index contributed by atoms with van der Waals surface area (Å²) in [5, 5.41) is 7.42. The number of carboxylic acid groups (broad SMARTS) is 1. The number of hydrogen-bond acceptors (Lipinski definition) is 1. The van der Waals surface area contributed by atoms with Crippen LogP contribution in [0, 0.1) is 0 Å². The van der Waals surface area contributed by atoms with Gasteiger partial charge in [-0.2, -0.15) is 0 Å². The van der Waals surface area contributed by atoms with Gasteiger partial charge in [0.2, 0.25) is 0 Å². The standard InChI is InChI=1S/C2H4O2.Na/c1-2(3)4;/h1H3,(H,3,4);/i2+1;. The second kappa shape index (κ2) is 4.47. The quantitative estimate of drug-likeness (QED) is 0.323. The fraction of sp³-hybridized carbons (Fsp3) is 0.500. The molecule has 0 aliphatic carbocycles. The first-order valence-corrected chi connectivity index (χ1v) is 0.928. The summed E-state index contributed by atoms with van der Waals surface area (Å²) in [6.45, 7) is 1.08. The molecule has 0 aromatic carbocycles. The molecule has 0 aromatic rings. The smallest absolute Gasteiger partial charge is 0.300 e. The zero-order valence-corrected chi connectivity index (χ0v) is 5.36. The molecule has 0 saturated heterocycles. The van der Waals surface area contributed by atoms with Crippen LogP contribution in [-0.4, -0.2) is 40.6 Å². The molecule has 0 fully saturated rings. The van der Waals surface area contributed by atoms with E-state index in [-0.39, 0.29) is 29.6 Å². The van der Waals surface area contributed by atoms with Crippen molar-refractivity contribution in [1.29, 1.82) is 0 Å². The fourth-order valence-corrected chi connectivity index (χ4v) is 0. The Bertz CT molecular complexity index is 30.6. The Hall–Kier alpha value is 0.470. The van der Waals surface area contributed by atoms with Crippen LogP contribution in [0.5, 0.6) is 0 Å². The van der Waals surface area contributed by atoms with E-state index in [2.05, 4.69) is 0 Å². The van der Waals surface area contributed by atoms with Gasteiger partial charge in [-0.05, 0) is 0 Å². The van der Waals surface area contributed by atoms with E-state index in [0.717, 1.165) is 6.92 Å². The molecule has 0 atom stereocenters. The Morgan fingerprint density at radius 3 is 1.80 bits per heavy atom. The summed E-state index contributed by atoms with van der Waals surface area (Å²) in [4.78, 5) is 9.00. The average molecular weight is 84.0 g/mol. The largest absolute Gasteiger partial charge is 0.481 e. The van der Waals surface area contributed by atoms with Gasteiger partial charge in [0.1, 0.15) is 0 Å². The molecular formula is C2H4NaO2. The van der Waals surface area contributed by atoms with E-state index >= 15 is 0 Å². The van der Waals surface area contributed by atoms with Crippen molar-refractivity contribution in [3.8, 4) is 0 Å². The van der Waals surface area contributed by atoms with Gasteiger partial charge in [-0.1, -0.05) is 0 Å². The number of hydrogen-bond donors (Lipinski definition) is 1. The maximum atomic E-state index is 9.00. The van der Waals surface area contributed by atoms with E-state index in [1.54, 1.807) is 0 Å². The summed E-state index contributed by atoms with van der Waals surface area (Å²) < 4.78 is 0. The summed E-state index contributed by atoms with van der Waals surface area (Å²) in [6.07, 6.45) is 0. The minimum atomic E-state index is -0.833. The topological polar surface area (TPSA) is 37.3 Å². The third-order valence-corrected chi connectivity index (χ3v) is 0. The summed E-state index contributed by atoms with van der Waals surface area (Å²) in [5.41, 5.74) is 0. The van der Waals surface area contributed by atoms with Gasteiger partial charge in [0.05, 0.1) is 0 Å². The van der Waals surface area contributed by atoms with Crippen molar-refractivity contribution >= 4 is 35.5 Å². The molecule has 0 bridgehead atoms. The second-order valence-corrected chi connectivity index (χ2v) is 0.519. The molecule has 0 amide bonds. The third-order valence-electron chi connectivity index (χ3n) is 0. The van der Waals surface area contributed by atoms with Crippen LogP contribution in [-0.2, 0) is 4.79 Å². The van der Waals surface area contributed by atoms with Crippen molar-refractivity contribution in [2.24, 2.45) is 0 Å². The molecule has 1 radical (unpaired) electrons. The van der Waals surface area contributed by atoms with Gasteiger partial charge in [-0.15, -0.1) is 0 Å². The molecule has 0 unspecified atom stereocenters. The van der Waals surface area contributed by atoms with Crippen LogP contribution in [0.15, 0.2) is 0 Å². The molecule has 25 valence electrons. The van der Waals surface area contributed by atoms with Crippen LogP contribution >= 0.6 is 0 Å². The molecule has 3 heteroatoms. The molecule has 2 nitrogen and oxygen atoms in total. The number of carbonyl (C=O) groups is 1. The number of rotatable bonds is 0. The molecule has 0 aliphatic rings. The second-order valence-electron chi connectivity index (χ2n) is 0.519. The van der Waals surface area contributed by atoms with Crippen LogP contribution in [0.4, 0.5) is 0 Å². The van der Waals surface area contributed by atoms with E-state index in [4.69, 9.17) is 9.90 Å². The van der Waals surface area contributed by atoms with Gasteiger partial charge >= 0.3 is 0 Å².